The Morgan fingerprint density at radius 3 is 2.67 bits per heavy atom. The number of hydrogen-bond donors (Lipinski definition) is 0. The van der Waals surface area contributed by atoms with Crippen LogP contribution < -0.4 is 0 Å². The molecule has 7 nitrogen and oxygen atoms in total. The van der Waals surface area contributed by atoms with Crippen LogP contribution in [0.1, 0.15) is 29.0 Å². The minimum absolute atomic E-state index is 0.0107. The number of likely N-dealkylation sites (tertiary alicyclic amines) is 1. The Hall–Kier alpha value is -2.02. The minimum atomic E-state index is -0.0798. The number of hydrogen-bond acceptors (Lipinski definition) is 5. The molecule has 2 atom stereocenters. The van der Waals surface area contributed by atoms with Crippen LogP contribution in [-0.2, 0) is 9.53 Å². The maximum absolute atomic E-state index is 12.7. The molecule has 1 aromatic rings. The highest BCUT2D eigenvalue weighted by Gasteiger charge is 2.62. The summed E-state index contributed by atoms with van der Waals surface area (Å²) in [6.07, 6.45) is 4.94. The third-order valence-electron chi connectivity index (χ3n) is 5.48. The van der Waals surface area contributed by atoms with Gasteiger partial charge in [0, 0.05) is 43.7 Å². The third kappa shape index (κ3) is 2.66. The van der Waals surface area contributed by atoms with E-state index < -0.39 is 0 Å². The van der Waals surface area contributed by atoms with Crippen molar-refractivity contribution in [1.29, 1.82) is 0 Å². The SMILES string of the molecule is Cc1cnc(C(=O)N2CC[C@]3(C[C@@H]3C(=O)N3CCOCC3)C2)cn1. The molecule has 3 heterocycles. The van der Waals surface area contributed by atoms with Crippen LogP contribution in [-0.4, -0.2) is 71.0 Å². The first-order valence-corrected chi connectivity index (χ1v) is 8.53. The predicted molar refractivity (Wildman–Crippen MR) is 85.2 cm³/mol. The van der Waals surface area contributed by atoms with Crippen molar-refractivity contribution < 1.29 is 14.3 Å². The normalized spacial score (nSPS) is 29.1. The molecule has 2 aliphatic heterocycles. The number of amides is 2. The monoisotopic (exact) mass is 330 g/mol. The Labute approximate surface area is 141 Å². The Balaban J connectivity index is 1.39. The Morgan fingerprint density at radius 1 is 1.17 bits per heavy atom. The summed E-state index contributed by atoms with van der Waals surface area (Å²) in [4.78, 5) is 37.3. The number of carbonyl (C=O) groups is 2. The number of carbonyl (C=O) groups excluding carboxylic acids is 2. The van der Waals surface area contributed by atoms with E-state index in [-0.39, 0.29) is 23.1 Å². The van der Waals surface area contributed by atoms with Gasteiger partial charge in [-0.1, -0.05) is 0 Å². The molecule has 1 aliphatic carbocycles. The molecule has 0 radical (unpaired) electrons. The van der Waals surface area contributed by atoms with E-state index in [4.69, 9.17) is 4.74 Å². The van der Waals surface area contributed by atoms with E-state index in [0.29, 0.717) is 45.1 Å². The van der Waals surface area contributed by atoms with Crippen molar-refractivity contribution in [3.63, 3.8) is 0 Å². The molecule has 2 saturated heterocycles. The molecule has 2 amide bonds. The lowest BCUT2D eigenvalue weighted by molar-refractivity contribution is -0.137. The topological polar surface area (TPSA) is 75.6 Å². The number of morpholine rings is 1. The van der Waals surface area contributed by atoms with E-state index in [1.54, 1.807) is 6.20 Å². The van der Waals surface area contributed by atoms with Crippen molar-refractivity contribution in [2.45, 2.75) is 19.8 Å². The van der Waals surface area contributed by atoms with E-state index in [1.807, 2.05) is 16.7 Å². The standard InChI is InChI=1S/C17H22N4O3/c1-12-9-19-14(10-18-12)16(23)21-3-2-17(11-21)8-13(17)15(22)20-4-6-24-7-5-20/h9-10,13H,2-8,11H2,1H3/t13-,17+/m1/s1. The van der Waals surface area contributed by atoms with E-state index in [0.717, 1.165) is 18.5 Å². The molecule has 24 heavy (non-hydrogen) atoms. The summed E-state index contributed by atoms with van der Waals surface area (Å²) in [7, 11) is 0. The van der Waals surface area contributed by atoms with Crippen molar-refractivity contribution in [2.24, 2.45) is 11.3 Å². The molecule has 128 valence electrons. The number of ether oxygens (including phenoxy) is 1. The lowest BCUT2D eigenvalue weighted by Gasteiger charge is -2.27. The second-order valence-electron chi connectivity index (χ2n) is 7.08. The van der Waals surface area contributed by atoms with E-state index in [2.05, 4.69) is 9.97 Å². The Bertz CT molecular complexity index is 656. The van der Waals surface area contributed by atoms with E-state index in [1.165, 1.54) is 6.20 Å². The molecule has 1 aromatic heterocycles. The van der Waals surface area contributed by atoms with Gasteiger partial charge in [-0.2, -0.15) is 0 Å². The molecule has 1 saturated carbocycles. The van der Waals surface area contributed by atoms with Crippen molar-refractivity contribution >= 4 is 11.8 Å². The van der Waals surface area contributed by atoms with Gasteiger partial charge in [0.05, 0.1) is 25.1 Å². The average Bonchev–Trinajstić information content (AvgIpc) is 3.15. The summed E-state index contributed by atoms with van der Waals surface area (Å²) >= 11 is 0. The Kier molecular flexibility index (Phi) is 3.75. The van der Waals surface area contributed by atoms with Gasteiger partial charge in [0.2, 0.25) is 5.91 Å². The van der Waals surface area contributed by atoms with Crippen molar-refractivity contribution in [3.05, 3.63) is 23.8 Å². The number of aromatic nitrogens is 2. The van der Waals surface area contributed by atoms with Crippen LogP contribution in [0.15, 0.2) is 12.4 Å². The van der Waals surface area contributed by atoms with Gasteiger partial charge in [-0.3, -0.25) is 14.6 Å². The first-order chi connectivity index (χ1) is 11.6. The summed E-state index contributed by atoms with van der Waals surface area (Å²) in [6.45, 7) is 5.83. The zero-order valence-electron chi connectivity index (χ0n) is 13.9. The van der Waals surface area contributed by atoms with Gasteiger partial charge in [-0.05, 0) is 19.8 Å². The molecule has 3 aliphatic rings. The molecule has 7 heteroatoms. The van der Waals surface area contributed by atoms with Crippen molar-refractivity contribution in [1.82, 2.24) is 19.8 Å². The van der Waals surface area contributed by atoms with E-state index in [9.17, 15) is 9.59 Å². The highest BCUT2D eigenvalue weighted by molar-refractivity contribution is 5.92. The zero-order valence-corrected chi connectivity index (χ0v) is 13.9. The van der Waals surface area contributed by atoms with Crippen LogP contribution in [0.4, 0.5) is 0 Å². The second kappa shape index (κ2) is 5.81. The van der Waals surface area contributed by atoms with Gasteiger partial charge < -0.3 is 14.5 Å². The maximum Gasteiger partial charge on any atom is 0.274 e. The molecule has 0 aromatic carbocycles. The number of nitrogens with zero attached hydrogens (tertiary/aromatic N) is 4. The fraction of sp³-hybridized carbons (Fsp3) is 0.647. The van der Waals surface area contributed by atoms with Crippen LogP contribution in [0.2, 0.25) is 0 Å². The van der Waals surface area contributed by atoms with Gasteiger partial charge in [-0.15, -0.1) is 0 Å². The van der Waals surface area contributed by atoms with Crippen LogP contribution in [0.3, 0.4) is 0 Å². The van der Waals surface area contributed by atoms with Crippen molar-refractivity contribution in [3.8, 4) is 0 Å². The third-order valence-corrected chi connectivity index (χ3v) is 5.48. The minimum Gasteiger partial charge on any atom is -0.378 e. The average molecular weight is 330 g/mol. The van der Waals surface area contributed by atoms with Gasteiger partial charge in [-0.25, -0.2) is 4.98 Å². The lowest BCUT2D eigenvalue weighted by atomic mass is 10.0. The van der Waals surface area contributed by atoms with Gasteiger partial charge >= 0.3 is 0 Å². The largest absolute Gasteiger partial charge is 0.378 e. The highest BCUT2D eigenvalue weighted by atomic mass is 16.5. The first-order valence-electron chi connectivity index (χ1n) is 8.53. The van der Waals surface area contributed by atoms with Gasteiger partial charge in [0.25, 0.3) is 5.91 Å². The van der Waals surface area contributed by atoms with Gasteiger partial charge in [0.15, 0.2) is 0 Å². The van der Waals surface area contributed by atoms with E-state index >= 15 is 0 Å². The fourth-order valence-corrected chi connectivity index (χ4v) is 3.89. The molecule has 0 unspecified atom stereocenters. The summed E-state index contributed by atoms with van der Waals surface area (Å²) in [6, 6.07) is 0. The number of rotatable bonds is 2. The summed E-state index contributed by atoms with van der Waals surface area (Å²) in [5.41, 5.74) is 1.17. The summed E-state index contributed by atoms with van der Waals surface area (Å²) < 4.78 is 5.31. The fourth-order valence-electron chi connectivity index (χ4n) is 3.89. The van der Waals surface area contributed by atoms with Crippen LogP contribution in [0.25, 0.3) is 0 Å². The van der Waals surface area contributed by atoms with Crippen LogP contribution in [0, 0.1) is 18.3 Å². The molecule has 1 spiro atoms. The maximum atomic E-state index is 12.7. The zero-order chi connectivity index (χ0) is 16.7. The molecular formula is C17H22N4O3. The Morgan fingerprint density at radius 2 is 1.96 bits per heavy atom. The van der Waals surface area contributed by atoms with Crippen LogP contribution in [0.5, 0.6) is 0 Å². The second-order valence-corrected chi connectivity index (χ2v) is 7.08. The smallest absolute Gasteiger partial charge is 0.274 e. The summed E-state index contributed by atoms with van der Waals surface area (Å²) in [5.74, 6) is 0.226. The lowest BCUT2D eigenvalue weighted by Crippen LogP contribution is -2.42. The summed E-state index contributed by atoms with van der Waals surface area (Å²) in [5, 5.41) is 0. The van der Waals surface area contributed by atoms with Gasteiger partial charge in [0.1, 0.15) is 5.69 Å². The number of aryl methyl sites for hydroxylation is 1. The van der Waals surface area contributed by atoms with Crippen LogP contribution >= 0.6 is 0 Å². The predicted octanol–water partition coefficient (Wildman–Crippen LogP) is 0.496. The molecule has 0 bridgehead atoms. The highest BCUT2D eigenvalue weighted by Crippen LogP contribution is 2.59. The molecule has 0 N–H and O–H groups in total. The molecule has 3 fully saturated rings. The quantitative estimate of drug-likeness (QED) is 0.789. The molecular weight excluding hydrogens is 308 g/mol. The first kappa shape index (κ1) is 15.5. The van der Waals surface area contributed by atoms with Crippen molar-refractivity contribution in [2.75, 3.05) is 39.4 Å². The molecule has 4 rings (SSSR count).